The molecule has 0 atom stereocenters. The van der Waals surface area contributed by atoms with Crippen LogP contribution in [0.4, 0.5) is 0 Å². The Bertz CT molecular complexity index is 3010. The fourth-order valence-corrected chi connectivity index (χ4v) is 8.15. The number of fused-ring (bicyclic) bond motifs is 5. The Kier molecular flexibility index (Phi) is 5.14. The lowest BCUT2D eigenvalue weighted by Gasteiger charge is -2.19. The lowest BCUT2D eigenvalue weighted by molar-refractivity contribution is 0.668. The standard InChI is InChI=1S/C46H26O2/c1-3-15-34-32(13-1)43(30-11-7-10-28(25-30)29-20-23-40-38(26-29)31-12-5-6-17-39(31)47-40)33-14-2-4-16-35(33)45(34)36-22-24-42-46-37(36)21-19-27-9-8-18-41(48-42)44(27)46/h1-26H. The summed E-state index contributed by atoms with van der Waals surface area (Å²) in [6.07, 6.45) is 0. The first-order valence-corrected chi connectivity index (χ1v) is 16.4. The van der Waals surface area contributed by atoms with Crippen molar-refractivity contribution < 1.29 is 8.83 Å². The molecular weight excluding hydrogens is 585 g/mol. The first kappa shape index (κ1) is 25.8. The van der Waals surface area contributed by atoms with Crippen molar-refractivity contribution in [2.24, 2.45) is 0 Å². The zero-order valence-corrected chi connectivity index (χ0v) is 25.8. The molecule has 0 aliphatic heterocycles. The lowest BCUT2D eigenvalue weighted by Crippen LogP contribution is -1.92. The average molecular weight is 611 g/mol. The van der Waals surface area contributed by atoms with E-state index < -0.39 is 0 Å². The maximum absolute atomic E-state index is 6.34. The van der Waals surface area contributed by atoms with Gasteiger partial charge in [-0.05, 0) is 108 Å². The van der Waals surface area contributed by atoms with Gasteiger partial charge in [0.25, 0.3) is 0 Å². The molecule has 0 spiro atoms. The molecule has 11 rings (SSSR count). The molecule has 0 aliphatic rings. The van der Waals surface area contributed by atoms with Gasteiger partial charge < -0.3 is 8.83 Å². The van der Waals surface area contributed by atoms with Crippen LogP contribution >= 0.6 is 0 Å². The average Bonchev–Trinajstić information content (AvgIpc) is 3.72. The van der Waals surface area contributed by atoms with Crippen LogP contribution in [0.1, 0.15) is 0 Å². The van der Waals surface area contributed by atoms with E-state index in [-0.39, 0.29) is 0 Å². The van der Waals surface area contributed by atoms with E-state index in [9.17, 15) is 0 Å². The second kappa shape index (κ2) is 9.57. The Morgan fingerprint density at radius 2 is 0.875 bits per heavy atom. The molecular formula is C46H26O2. The van der Waals surface area contributed by atoms with E-state index in [2.05, 4.69) is 146 Å². The van der Waals surface area contributed by atoms with Crippen LogP contribution in [-0.2, 0) is 0 Å². The molecule has 0 saturated carbocycles. The number of para-hydroxylation sites is 1. The first-order valence-electron chi connectivity index (χ1n) is 16.4. The fraction of sp³-hybridized carbons (Fsp3) is 0. The van der Waals surface area contributed by atoms with Crippen LogP contribution in [-0.4, -0.2) is 0 Å². The second-order valence-electron chi connectivity index (χ2n) is 12.8. The van der Waals surface area contributed by atoms with Crippen molar-refractivity contribution in [3.05, 3.63) is 158 Å². The minimum Gasteiger partial charge on any atom is -0.456 e. The van der Waals surface area contributed by atoms with E-state index in [0.29, 0.717) is 0 Å². The zero-order valence-electron chi connectivity index (χ0n) is 25.8. The van der Waals surface area contributed by atoms with Gasteiger partial charge in [-0.25, -0.2) is 0 Å². The van der Waals surface area contributed by atoms with Gasteiger partial charge >= 0.3 is 0 Å². The summed E-state index contributed by atoms with van der Waals surface area (Å²) in [7, 11) is 0. The number of hydrogen-bond donors (Lipinski definition) is 0. The zero-order chi connectivity index (χ0) is 31.3. The molecule has 0 N–H and O–H groups in total. The van der Waals surface area contributed by atoms with Gasteiger partial charge in [0, 0.05) is 21.5 Å². The highest BCUT2D eigenvalue weighted by molar-refractivity contribution is 6.28. The first-order chi connectivity index (χ1) is 23.8. The van der Waals surface area contributed by atoms with E-state index in [1.54, 1.807) is 0 Å². The molecule has 11 aromatic rings. The van der Waals surface area contributed by atoms with Crippen molar-refractivity contribution in [3.63, 3.8) is 0 Å². The molecule has 0 bridgehead atoms. The molecule has 222 valence electrons. The highest BCUT2D eigenvalue weighted by Crippen LogP contribution is 2.48. The minimum atomic E-state index is 0.912. The van der Waals surface area contributed by atoms with Crippen LogP contribution in [0.5, 0.6) is 0 Å². The predicted molar refractivity (Wildman–Crippen MR) is 201 cm³/mol. The van der Waals surface area contributed by atoms with E-state index in [4.69, 9.17) is 8.83 Å². The smallest absolute Gasteiger partial charge is 0.136 e. The Balaban J connectivity index is 1.17. The van der Waals surface area contributed by atoms with E-state index in [1.807, 2.05) is 12.1 Å². The van der Waals surface area contributed by atoms with Crippen LogP contribution in [0.2, 0.25) is 0 Å². The van der Waals surface area contributed by atoms with Crippen molar-refractivity contribution in [1.82, 2.24) is 0 Å². The molecule has 2 heterocycles. The van der Waals surface area contributed by atoms with Gasteiger partial charge in [-0.3, -0.25) is 0 Å². The molecule has 0 unspecified atom stereocenters. The summed E-state index contributed by atoms with van der Waals surface area (Å²) in [6.45, 7) is 0. The molecule has 0 saturated heterocycles. The van der Waals surface area contributed by atoms with Gasteiger partial charge in [0.05, 0.1) is 0 Å². The van der Waals surface area contributed by atoms with E-state index in [0.717, 1.165) is 33.1 Å². The number of rotatable bonds is 3. The molecule has 2 heteroatoms. The topological polar surface area (TPSA) is 26.3 Å². The van der Waals surface area contributed by atoms with Crippen molar-refractivity contribution in [2.45, 2.75) is 0 Å². The Hall–Kier alpha value is -6.38. The largest absolute Gasteiger partial charge is 0.456 e. The number of furan rings is 2. The minimum absolute atomic E-state index is 0.912. The van der Waals surface area contributed by atoms with E-state index >= 15 is 0 Å². The summed E-state index contributed by atoms with van der Waals surface area (Å²) in [5.74, 6) is 0. The highest BCUT2D eigenvalue weighted by atomic mass is 16.3. The highest BCUT2D eigenvalue weighted by Gasteiger charge is 2.21. The van der Waals surface area contributed by atoms with Crippen molar-refractivity contribution in [1.29, 1.82) is 0 Å². The molecule has 0 radical (unpaired) electrons. The van der Waals surface area contributed by atoms with Crippen molar-refractivity contribution >= 4 is 76.2 Å². The molecule has 2 aromatic heterocycles. The van der Waals surface area contributed by atoms with Crippen LogP contribution in [0.25, 0.3) is 110 Å². The normalized spacial score (nSPS) is 12.2. The molecule has 48 heavy (non-hydrogen) atoms. The lowest BCUT2D eigenvalue weighted by atomic mass is 9.84. The summed E-state index contributed by atoms with van der Waals surface area (Å²) in [5.41, 5.74) is 11.0. The predicted octanol–water partition coefficient (Wildman–Crippen LogP) is 13.4. The molecule has 2 nitrogen and oxygen atoms in total. The van der Waals surface area contributed by atoms with Gasteiger partial charge in [-0.1, -0.05) is 115 Å². The number of hydrogen-bond acceptors (Lipinski definition) is 2. The molecule has 0 aliphatic carbocycles. The molecule has 9 aromatic carbocycles. The summed E-state index contributed by atoms with van der Waals surface area (Å²) < 4.78 is 12.5. The summed E-state index contributed by atoms with van der Waals surface area (Å²) in [4.78, 5) is 0. The van der Waals surface area contributed by atoms with Gasteiger partial charge in [-0.15, -0.1) is 0 Å². The Morgan fingerprint density at radius 1 is 0.292 bits per heavy atom. The third-order valence-electron chi connectivity index (χ3n) is 10.2. The third kappa shape index (κ3) is 3.52. The third-order valence-corrected chi connectivity index (χ3v) is 10.2. The van der Waals surface area contributed by atoms with E-state index in [1.165, 1.54) is 76.5 Å². The molecule has 0 fully saturated rings. The summed E-state index contributed by atoms with van der Waals surface area (Å²) in [5, 5.41) is 12.1. The fourth-order valence-electron chi connectivity index (χ4n) is 8.15. The quantitative estimate of drug-likeness (QED) is 0.147. The van der Waals surface area contributed by atoms with Crippen LogP contribution in [0.3, 0.4) is 0 Å². The van der Waals surface area contributed by atoms with Crippen molar-refractivity contribution in [3.8, 4) is 33.4 Å². The monoisotopic (exact) mass is 610 g/mol. The summed E-state index contributed by atoms with van der Waals surface area (Å²) >= 11 is 0. The second-order valence-corrected chi connectivity index (χ2v) is 12.8. The van der Waals surface area contributed by atoms with Gasteiger partial charge in [0.15, 0.2) is 0 Å². The maximum atomic E-state index is 6.34. The van der Waals surface area contributed by atoms with Crippen LogP contribution in [0.15, 0.2) is 167 Å². The van der Waals surface area contributed by atoms with Gasteiger partial charge in [0.2, 0.25) is 0 Å². The SMILES string of the molecule is c1cc(-c2ccc3oc4ccccc4c3c2)cc(-c2c3ccccc3c(-c3ccc4oc5cccc6ccc3c4c65)c3ccccc23)c1. The maximum Gasteiger partial charge on any atom is 0.136 e. The van der Waals surface area contributed by atoms with Gasteiger partial charge in [-0.2, -0.15) is 0 Å². The van der Waals surface area contributed by atoms with Crippen LogP contribution < -0.4 is 0 Å². The number of benzene rings is 9. The van der Waals surface area contributed by atoms with Gasteiger partial charge in [0.1, 0.15) is 22.3 Å². The van der Waals surface area contributed by atoms with Crippen molar-refractivity contribution in [2.75, 3.05) is 0 Å². The Labute approximate surface area is 275 Å². The summed E-state index contributed by atoms with van der Waals surface area (Å²) in [6, 6.07) is 56.8. The molecule has 0 amide bonds. The van der Waals surface area contributed by atoms with Crippen LogP contribution in [0, 0.1) is 0 Å². The Morgan fingerprint density at radius 3 is 1.69 bits per heavy atom.